The third kappa shape index (κ3) is 18.1. The molecule has 0 saturated carbocycles. The monoisotopic (exact) mass is 318 g/mol. The van der Waals surface area contributed by atoms with Gasteiger partial charge in [-0.25, -0.2) is 0 Å². The summed E-state index contributed by atoms with van der Waals surface area (Å²) >= 11 is 0. The van der Waals surface area contributed by atoms with Gasteiger partial charge in [0.1, 0.15) is 0 Å². The molecule has 1 unspecified atom stereocenters. The minimum atomic E-state index is -0.763. The van der Waals surface area contributed by atoms with Crippen molar-refractivity contribution in [3.8, 4) is 0 Å². The smallest absolute Gasteiger partial charge is 0.303 e. The second-order valence-electron chi connectivity index (χ2n) is 5.20. The second-order valence-corrected chi connectivity index (χ2v) is 5.20. The Morgan fingerprint density at radius 2 is 1.65 bits per heavy atom. The summed E-state index contributed by atoms with van der Waals surface area (Å²) in [7, 11) is 0. The zero-order chi connectivity index (χ0) is 17.2. The topological polar surface area (TPSA) is 57.5 Å². The quantitative estimate of drug-likeness (QED) is 0.286. The molecule has 3 heteroatoms. The van der Waals surface area contributed by atoms with Gasteiger partial charge in [-0.1, -0.05) is 67.7 Å². The van der Waals surface area contributed by atoms with E-state index in [-0.39, 0.29) is 6.42 Å². The Kier molecular flexibility index (Phi) is 15.2. The number of carbonyl (C=O) groups is 1. The van der Waals surface area contributed by atoms with Crippen LogP contribution in [0.25, 0.3) is 0 Å². The first-order valence-corrected chi connectivity index (χ1v) is 8.35. The minimum Gasteiger partial charge on any atom is -0.481 e. The number of carboxylic acids is 1. The Balaban J connectivity index is 3.68. The van der Waals surface area contributed by atoms with Crippen LogP contribution in [0.3, 0.4) is 0 Å². The zero-order valence-corrected chi connectivity index (χ0v) is 14.1. The molecule has 2 N–H and O–H groups in total. The lowest BCUT2D eigenvalue weighted by molar-refractivity contribution is -0.137. The molecule has 0 fully saturated rings. The summed E-state index contributed by atoms with van der Waals surface area (Å²) in [4.78, 5) is 10.3. The van der Waals surface area contributed by atoms with Gasteiger partial charge in [0.2, 0.25) is 0 Å². The van der Waals surface area contributed by atoms with E-state index in [9.17, 15) is 9.90 Å². The van der Waals surface area contributed by atoms with Crippen LogP contribution in [0.5, 0.6) is 0 Å². The molecule has 0 aliphatic heterocycles. The van der Waals surface area contributed by atoms with Crippen LogP contribution >= 0.6 is 0 Å². The van der Waals surface area contributed by atoms with Gasteiger partial charge in [0, 0.05) is 6.42 Å². The number of hydrogen-bond acceptors (Lipinski definition) is 2. The van der Waals surface area contributed by atoms with E-state index in [0.717, 1.165) is 25.7 Å². The first-order chi connectivity index (χ1) is 11.2. The van der Waals surface area contributed by atoms with Crippen molar-refractivity contribution in [2.45, 2.75) is 58.0 Å². The molecule has 0 rings (SSSR count). The Labute approximate surface area is 140 Å². The van der Waals surface area contributed by atoms with E-state index in [2.05, 4.69) is 31.2 Å². The van der Waals surface area contributed by atoms with Crippen LogP contribution in [0.15, 0.2) is 60.8 Å². The van der Waals surface area contributed by atoms with Gasteiger partial charge in [-0.2, -0.15) is 0 Å². The fraction of sp³-hybridized carbons (Fsp3) is 0.450. The van der Waals surface area contributed by atoms with Crippen LogP contribution in [0.4, 0.5) is 0 Å². The number of allylic oxidation sites excluding steroid dienone is 8. The van der Waals surface area contributed by atoms with Gasteiger partial charge < -0.3 is 10.2 Å². The fourth-order valence-electron chi connectivity index (χ4n) is 1.77. The molecule has 0 amide bonds. The van der Waals surface area contributed by atoms with Crippen molar-refractivity contribution in [3.05, 3.63) is 60.8 Å². The molecular weight excluding hydrogens is 288 g/mol. The SMILES string of the molecule is CCC=CCC=CCC=CC=CC(O)CC=CCCCC(=O)O. The lowest BCUT2D eigenvalue weighted by Gasteiger charge is -1.99. The lowest BCUT2D eigenvalue weighted by Crippen LogP contribution is -1.98. The summed E-state index contributed by atoms with van der Waals surface area (Å²) in [5.74, 6) is -0.763. The van der Waals surface area contributed by atoms with E-state index in [0.29, 0.717) is 12.8 Å². The van der Waals surface area contributed by atoms with E-state index >= 15 is 0 Å². The van der Waals surface area contributed by atoms with E-state index < -0.39 is 12.1 Å². The predicted octanol–water partition coefficient (Wildman–Crippen LogP) is 4.96. The highest BCUT2D eigenvalue weighted by Crippen LogP contribution is 2.01. The maximum atomic E-state index is 10.3. The van der Waals surface area contributed by atoms with Gasteiger partial charge in [-0.15, -0.1) is 0 Å². The molecule has 23 heavy (non-hydrogen) atoms. The van der Waals surface area contributed by atoms with Gasteiger partial charge in [0.25, 0.3) is 0 Å². The standard InChI is InChI=1S/C20H30O3/c1-2-3-4-5-6-7-8-9-10-13-16-19(21)17-14-11-12-15-18-20(22)23/h3-4,6-7,9-11,13-14,16,19,21H,2,5,8,12,15,17-18H2,1H3,(H,22,23). The van der Waals surface area contributed by atoms with E-state index in [1.807, 2.05) is 30.4 Å². The highest BCUT2D eigenvalue weighted by atomic mass is 16.4. The van der Waals surface area contributed by atoms with Gasteiger partial charge in [0.15, 0.2) is 0 Å². The van der Waals surface area contributed by atoms with Crippen LogP contribution in [-0.4, -0.2) is 22.3 Å². The number of hydrogen-bond donors (Lipinski definition) is 2. The first-order valence-electron chi connectivity index (χ1n) is 8.35. The molecule has 3 nitrogen and oxygen atoms in total. The van der Waals surface area contributed by atoms with E-state index in [1.165, 1.54) is 0 Å². The predicted molar refractivity (Wildman–Crippen MR) is 97.3 cm³/mol. The number of aliphatic hydroxyl groups excluding tert-OH is 1. The highest BCUT2D eigenvalue weighted by Gasteiger charge is 1.95. The molecule has 0 radical (unpaired) electrons. The maximum absolute atomic E-state index is 10.3. The zero-order valence-electron chi connectivity index (χ0n) is 14.1. The van der Waals surface area contributed by atoms with Crippen LogP contribution in [0.1, 0.15) is 51.9 Å². The Bertz CT molecular complexity index is 428. The molecule has 0 bridgehead atoms. The molecule has 0 heterocycles. The summed E-state index contributed by atoms with van der Waals surface area (Å²) in [6, 6.07) is 0. The number of aliphatic carboxylic acids is 1. The number of unbranched alkanes of at least 4 members (excludes halogenated alkanes) is 1. The van der Waals surface area contributed by atoms with Gasteiger partial charge in [-0.05, 0) is 38.5 Å². The lowest BCUT2D eigenvalue weighted by atomic mass is 10.2. The Morgan fingerprint density at radius 1 is 0.957 bits per heavy atom. The largest absolute Gasteiger partial charge is 0.481 e. The Hall–Kier alpha value is -1.87. The molecule has 0 aromatic carbocycles. The third-order valence-corrected chi connectivity index (χ3v) is 3.00. The average Bonchev–Trinajstić information content (AvgIpc) is 2.52. The van der Waals surface area contributed by atoms with Crippen LogP contribution < -0.4 is 0 Å². The molecular formula is C20H30O3. The second kappa shape index (κ2) is 16.5. The summed E-state index contributed by atoms with van der Waals surface area (Å²) < 4.78 is 0. The normalized spacial score (nSPS) is 14.2. The van der Waals surface area contributed by atoms with Crippen molar-refractivity contribution in [2.75, 3.05) is 0 Å². The number of rotatable bonds is 13. The fourth-order valence-corrected chi connectivity index (χ4v) is 1.77. The van der Waals surface area contributed by atoms with Gasteiger partial charge >= 0.3 is 5.97 Å². The molecule has 0 aromatic heterocycles. The molecule has 0 aliphatic rings. The summed E-state index contributed by atoms with van der Waals surface area (Å²) in [6.45, 7) is 2.12. The van der Waals surface area contributed by atoms with Crippen molar-refractivity contribution in [3.63, 3.8) is 0 Å². The van der Waals surface area contributed by atoms with E-state index in [4.69, 9.17) is 5.11 Å². The van der Waals surface area contributed by atoms with Crippen molar-refractivity contribution in [1.29, 1.82) is 0 Å². The maximum Gasteiger partial charge on any atom is 0.303 e. The summed E-state index contributed by atoms with van der Waals surface area (Å²) in [5.41, 5.74) is 0. The number of aliphatic hydroxyl groups is 1. The van der Waals surface area contributed by atoms with Crippen molar-refractivity contribution in [2.24, 2.45) is 0 Å². The molecule has 0 spiro atoms. The van der Waals surface area contributed by atoms with Crippen LogP contribution in [-0.2, 0) is 4.79 Å². The minimum absolute atomic E-state index is 0.195. The Morgan fingerprint density at radius 3 is 2.35 bits per heavy atom. The van der Waals surface area contributed by atoms with Crippen molar-refractivity contribution in [1.82, 2.24) is 0 Å². The van der Waals surface area contributed by atoms with Crippen LogP contribution in [0, 0.1) is 0 Å². The van der Waals surface area contributed by atoms with E-state index in [1.54, 1.807) is 6.08 Å². The molecule has 0 saturated heterocycles. The van der Waals surface area contributed by atoms with Crippen LogP contribution in [0.2, 0.25) is 0 Å². The van der Waals surface area contributed by atoms with Gasteiger partial charge in [-0.3, -0.25) is 4.79 Å². The number of carboxylic acid groups (broad SMARTS) is 1. The highest BCUT2D eigenvalue weighted by molar-refractivity contribution is 5.66. The summed E-state index contributed by atoms with van der Waals surface area (Å²) in [6.07, 6.45) is 24.6. The molecule has 128 valence electrons. The molecule has 0 aromatic rings. The first kappa shape index (κ1) is 21.1. The van der Waals surface area contributed by atoms with Crippen molar-refractivity contribution >= 4 is 5.97 Å². The third-order valence-electron chi connectivity index (χ3n) is 3.00. The van der Waals surface area contributed by atoms with Crippen molar-refractivity contribution < 1.29 is 15.0 Å². The summed E-state index contributed by atoms with van der Waals surface area (Å²) in [5, 5.41) is 18.2. The molecule has 0 aliphatic carbocycles. The average molecular weight is 318 g/mol. The van der Waals surface area contributed by atoms with Gasteiger partial charge in [0.05, 0.1) is 6.10 Å². The molecule has 1 atom stereocenters.